The SMILES string of the molecule is N#Cc1ccc(N(CC(=O)O)CC2CC2)cc1. The first-order valence-electron chi connectivity index (χ1n) is 5.66. The molecule has 1 saturated carbocycles. The second-order valence-corrected chi connectivity index (χ2v) is 4.38. The zero-order valence-electron chi connectivity index (χ0n) is 9.47. The molecular weight excluding hydrogens is 216 g/mol. The minimum absolute atomic E-state index is 0.0163. The van der Waals surface area contributed by atoms with E-state index in [2.05, 4.69) is 6.07 Å². The van der Waals surface area contributed by atoms with Crippen LogP contribution >= 0.6 is 0 Å². The van der Waals surface area contributed by atoms with Crippen LogP contribution in [0.1, 0.15) is 18.4 Å². The van der Waals surface area contributed by atoms with Crippen LogP contribution in [0.4, 0.5) is 5.69 Å². The Morgan fingerprint density at radius 2 is 2.06 bits per heavy atom. The maximum Gasteiger partial charge on any atom is 0.323 e. The molecule has 1 aromatic rings. The van der Waals surface area contributed by atoms with Crippen molar-refractivity contribution in [3.05, 3.63) is 29.8 Å². The van der Waals surface area contributed by atoms with Crippen molar-refractivity contribution in [3.8, 4) is 6.07 Å². The summed E-state index contributed by atoms with van der Waals surface area (Å²) < 4.78 is 0. The van der Waals surface area contributed by atoms with Crippen LogP contribution in [-0.2, 0) is 4.79 Å². The highest BCUT2D eigenvalue weighted by Crippen LogP contribution is 2.31. The minimum Gasteiger partial charge on any atom is -0.480 e. The maximum atomic E-state index is 10.8. The average molecular weight is 230 g/mol. The molecule has 0 aliphatic heterocycles. The Hall–Kier alpha value is -2.02. The van der Waals surface area contributed by atoms with Crippen LogP contribution in [0.15, 0.2) is 24.3 Å². The molecule has 0 atom stereocenters. The Morgan fingerprint density at radius 1 is 1.41 bits per heavy atom. The van der Waals surface area contributed by atoms with Gasteiger partial charge in [0.15, 0.2) is 0 Å². The molecule has 17 heavy (non-hydrogen) atoms. The molecule has 4 heteroatoms. The fraction of sp³-hybridized carbons (Fsp3) is 0.385. The molecule has 4 nitrogen and oxygen atoms in total. The smallest absolute Gasteiger partial charge is 0.323 e. The van der Waals surface area contributed by atoms with Crippen LogP contribution in [0.2, 0.25) is 0 Å². The molecule has 1 fully saturated rings. The summed E-state index contributed by atoms with van der Waals surface area (Å²) in [7, 11) is 0. The zero-order valence-corrected chi connectivity index (χ0v) is 9.47. The summed E-state index contributed by atoms with van der Waals surface area (Å²) in [5.74, 6) is -0.194. The molecule has 0 bridgehead atoms. The number of nitriles is 1. The lowest BCUT2D eigenvalue weighted by Gasteiger charge is -2.22. The van der Waals surface area contributed by atoms with E-state index in [1.54, 1.807) is 12.1 Å². The topological polar surface area (TPSA) is 64.3 Å². The zero-order chi connectivity index (χ0) is 12.3. The van der Waals surface area contributed by atoms with Gasteiger partial charge in [-0.25, -0.2) is 0 Å². The van der Waals surface area contributed by atoms with E-state index in [1.807, 2.05) is 17.0 Å². The van der Waals surface area contributed by atoms with E-state index in [4.69, 9.17) is 10.4 Å². The second-order valence-electron chi connectivity index (χ2n) is 4.38. The van der Waals surface area contributed by atoms with Crippen LogP contribution in [-0.4, -0.2) is 24.2 Å². The molecule has 1 aliphatic rings. The lowest BCUT2D eigenvalue weighted by Crippen LogP contribution is -2.31. The number of carboxylic acids is 1. The summed E-state index contributed by atoms with van der Waals surface area (Å²) >= 11 is 0. The molecule has 1 N–H and O–H groups in total. The van der Waals surface area contributed by atoms with Gasteiger partial charge >= 0.3 is 5.97 Å². The Labute approximate surface area is 100 Å². The normalized spacial score (nSPS) is 14.1. The molecule has 0 spiro atoms. The number of anilines is 1. The summed E-state index contributed by atoms with van der Waals surface area (Å²) in [6, 6.07) is 9.11. The summed E-state index contributed by atoms with van der Waals surface area (Å²) in [6.07, 6.45) is 2.37. The van der Waals surface area contributed by atoms with Gasteiger partial charge in [-0.15, -0.1) is 0 Å². The number of carbonyl (C=O) groups is 1. The van der Waals surface area contributed by atoms with Gasteiger partial charge in [0.2, 0.25) is 0 Å². The number of carboxylic acid groups (broad SMARTS) is 1. The second kappa shape index (κ2) is 4.88. The van der Waals surface area contributed by atoms with E-state index in [0.29, 0.717) is 11.5 Å². The predicted octanol–water partition coefficient (Wildman–Crippen LogP) is 1.86. The molecular formula is C13H14N2O2. The summed E-state index contributed by atoms with van der Waals surface area (Å²) in [5.41, 5.74) is 1.47. The maximum absolute atomic E-state index is 10.8. The van der Waals surface area contributed by atoms with Crippen molar-refractivity contribution in [2.24, 2.45) is 5.92 Å². The van der Waals surface area contributed by atoms with Gasteiger partial charge in [0.05, 0.1) is 11.6 Å². The van der Waals surface area contributed by atoms with Crippen LogP contribution < -0.4 is 4.90 Å². The largest absolute Gasteiger partial charge is 0.480 e. The number of benzene rings is 1. The first-order valence-corrected chi connectivity index (χ1v) is 5.66. The quantitative estimate of drug-likeness (QED) is 0.838. The van der Waals surface area contributed by atoms with Gasteiger partial charge < -0.3 is 10.0 Å². The summed E-state index contributed by atoms with van der Waals surface area (Å²) in [5, 5.41) is 17.6. The van der Waals surface area contributed by atoms with E-state index in [9.17, 15) is 4.79 Å². The molecule has 0 aromatic heterocycles. The Bertz CT molecular complexity index is 443. The van der Waals surface area contributed by atoms with Crippen LogP contribution in [0.3, 0.4) is 0 Å². The Morgan fingerprint density at radius 3 is 2.53 bits per heavy atom. The van der Waals surface area contributed by atoms with Crippen molar-refractivity contribution in [1.82, 2.24) is 0 Å². The van der Waals surface area contributed by atoms with Crippen molar-refractivity contribution in [2.45, 2.75) is 12.8 Å². The molecule has 88 valence electrons. The number of nitrogens with zero attached hydrogens (tertiary/aromatic N) is 2. The summed E-state index contributed by atoms with van der Waals surface area (Å²) in [6.45, 7) is 0.806. The number of hydrogen-bond donors (Lipinski definition) is 1. The molecule has 0 amide bonds. The van der Waals surface area contributed by atoms with E-state index >= 15 is 0 Å². The molecule has 2 rings (SSSR count). The van der Waals surface area contributed by atoms with Crippen molar-refractivity contribution >= 4 is 11.7 Å². The molecule has 1 aliphatic carbocycles. The van der Waals surface area contributed by atoms with Gasteiger partial charge in [0, 0.05) is 12.2 Å². The van der Waals surface area contributed by atoms with Crippen LogP contribution in [0.25, 0.3) is 0 Å². The van der Waals surface area contributed by atoms with Gasteiger partial charge in [0.1, 0.15) is 6.54 Å². The van der Waals surface area contributed by atoms with Gasteiger partial charge in [-0.3, -0.25) is 4.79 Å². The Balaban J connectivity index is 2.11. The fourth-order valence-corrected chi connectivity index (χ4v) is 1.78. The van der Waals surface area contributed by atoms with Crippen molar-refractivity contribution in [2.75, 3.05) is 18.0 Å². The van der Waals surface area contributed by atoms with Crippen molar-refractivity contribution < 1.29 is 9.90 Å². The highest BCUT2D eigenvalue weighted by Gasteiger charge is 2.25. The predicted molar refractivity (Wildman–Crippen MR) is 63.7 cm³/mol. The first-order chi connectivity index (χ1) is 8.19. The molecule has 0 radical (unpaired) electrons. The lowest BCUT2D eigenvalue weighted by atomic mass is 10.2. The van der Waals surface area contributed by atoms with E-state index in [-0.39, 0.29) is 6.54 Å². The van der Waals surface area contributed by atoms with Gasteiger partial charge in [0.25, 0.3) is 0 Å². The molecule has 0 heterocycles. The average Bonchev–Trinajstić information content (AvgIpc) is 3.12. The monoisotopic (exact) mass is 230 g/mol. The molecule has 1 aromatic carbocycles. The van der Waals surface area contributed by atoms with E-state index in [1.165, 1.54) is 12.8 Å². The standard InChI is InChI=1S/C13H14N2O2/c14-7-10-3-5-12(6-4-10)15(9-13(16)17)8-11-1-2-11/h3-6,11H,1-2,8-9H2,(H,16,17). The third-order valence-corrected chi connectivity index (χ3v) is 2.86. The van der Waals surface area contributed by atoms with E-state index < -0.39 is 5.97 Å². The number of aliphatic carboxylic acids is 1. The van der Waals surface area contributed by atoms with Crippen molar-refractivity contribution in [3.63, 3.8) is 0 Å². The van der Waals surface area contributed by atoms with Crippen molar-refractivity contribution in [1.29, 1.82) is 5.26 Å². The highest BCUT2D eigenvalue weighted by atomic mass is 16.4. The van der Waals surface area contributed by atoms with Gasteiger partial charge in [-0.1, -0.05) is 0 Å². The van der Waals surface area contributed by atoms with Gasteiger partial charge in [-0.05, 0) is 43.0 Å². The third kappa shape index (κ3) is 3.22. The highest BCUT2D eigenvalue weighted by molar-refractivity contribution is 5.73. The first kappa shape index (κ1) is 11.5. The Kier molecular flexibility index (Phi) is 3.29. The summed E-state index contributed by atoms with van der Waals surface area (Å²) in [4.78, 5) is 12.7. The number of hydrogen-bond acceptors (Lipinski definition) is 3. The van der Waals surface area contributed by atoms with E-state index in [0.717, 1.165) is 12.2 Å². The number of rotatable bonds is 5. The minimum atomic E-state index is -0.824. The van der Waals surface area contributed by atoms with Gasteiger partial charge in [-0.2, -0.15) is 5.26 Å². The molecule has 0 saturated heterocycles. The van der Waals surface area contributed by atoms with Crippen LogP contribution in [0, 0.1) is 17.2 Å². The molecule has 0 unspecified atom stereocenters. The van der Waals surface area contributed by atoms with Crippen LogP contribution in [0.5, 0.6) is 0 Å². The lowest BCUT2D eigenvalue weighted by molar-refractivity contribution is -0.135. The third-order valence-electron chi connectivity index (χ3n) is 2.86. The fourth-order valence-electron chi connectivity index (χ4n) is 1.78.